The lowest BCUT2D eigenvalue weighted by Gasteiger charge is -2.23. The van der Waals surface area contributed by atoms with Gasteiger partial charge >= 0.3 is 0 Å². The minimum absolute atomic E-state index is 0.0269. The van der Waals surface area contributed by atoms with Crippen molar-refractivity contribution in [1.82, 2.24) is 4.72 Å². The van der Waals surface area contributed by atoms with Crippen molar-refractivity contribution in [3.05, 3.63) is 18.2 Å². The molecule has 0 radical (unpaired) electrons. The van der Waals surface area contributed by atoms with Crippen LogP contribution < -0.4 is 15.2 Å². The van der Waals surface area contributed by atoms with Crippen LogP contribution in [0.5, 0.6) is 5.75 Å². The molecule has 0 spiro atoms. The summed E-state index contributed by atoms with van der Waals surface area (Å²) in [7, 11) is -5.87. The first-order valence-corrected chi connectivity index (χ1v) is 9.41. The topological polar surface area (TPSA) is 116 Å². The van der Waals surface area contributed by atoms with E-state index in [0.29, 0.717) is 5.75 Å². The number of anilines is 1. The molecule has 0 aromatic heterocycles. The Morgan fingerprint density at radius 2 is 1.81 bits per heavy atom. The molecule has 21 heavy (non-hydrogen) atoms. The maximum absolute atomic E-state index is 12.2. The summed E-state index contributed by atoms with van der Waals surface area (Å²) in [5.41, 5.74) is 5.72. The van der Waals surface area contributed by atoms with Crippen LogP contribution in [-0.4, -0.2) is 41.5 Å². The van der Waals surface area contributed by atoms with Gasteiger partial charge in [0.25, 0.3) is 0 Å². The third kappa shape index (κ3) is 4.08. The highest BCUT2D eigenvalue weighted by Gasteiger charge is 2.32. The maximum Gasteiger partial charge on any atom is 0.242 e. The van der Waals surface area contributed by atoms with Crippen LogP contribution in [0.1, 0.15) is 13.8 Å². The number of benzene rings is 1. The van der Waals surface area contributed by atoms with Crippen molar-refractivity contribution in [3.8, 4) is 5.75 Å². The van der Waals surface area contributed by atoms with E-state index in [0.717, 1.165) is 6.26 Å². The number of hydrogen-bond acceptors (Lipinski definition) is 6. The molecule has 120 valence electrons. The molecule has 7 nitrogen and oxygen atoms in total. The van der Waals surface area contributed by atoms with Crippen LogP contribution in [0.3, 0.4) is 0 Å². The Morgan fingerprint density at radius 1 is 1.24 bits per heavy atom. The summed E-state index contributed by atoms with van der Waals surface area (Å²) < 4.78 is 53.6. The van der Waals surface area contributed by atoms with Crippen molar-refractivity contribution in [3.63, 3.8) is 0 Å². The van der Waals surface area contributed by atoms with Crippen molar-refractivity contribution < 1.29 is 21.6 Å². The molecule has 0 heterocycles. The fraction of sp³-hybridized carbons (Fsp3) is 0.500. The summed E-state index contributed by atoms with van der Waals surface area (Å²) in [4.78, 5) is -0.118. The summed E-state index contributed by atoms with van der Waals surface area (Å²) >= 11 is 0. The van der Waals surface area contributed by atoms with Crippen molar-refractivity contribution in [2.45, 2.75) is 23.5 Å². The number of rotatable bonds is 6. The SMILES string of the molecule is COc1ccc(S(=O)(=O)NCC(C)(C)S(C)(=O)=O)c(N)c1. The quantitative estimate of drug-likeness (QED) is 0.726. The fourth-order valence-corrected chi connectivity index (χ4v) is 3.12. The summed E-state index contributed by atoms with van der Waals surface area (Å²) in [5, 5.41) is 0. The largest absolute Gasteiger partial charge is 0.497 e. The van der Waals surface area contributed by atoms with E-state index >= 15 is 0 Å². The van der Waals surface area contributed by atoms with Gasteiger partial charge in [-0.25, -0.2) is 21.6 Å². The fourth-order valence-electron chi connectivity index (χ4n) is 1.38. The van der Waals surface area contributed by atoms with Gasteiger partial charge in [-0.2, -0.15) is 0 Å². The number of methoxy groups -OCH3 is 1. The minimum atomic E-state index is -3.90. The molecule has 0 aliphatic carbocycles. The predicted octanol–water partition coefficient (Wildman–Crippen LogP) is 0.379. The Hall–Kier alpha value is -1.32. The molecule has 0 atom stereocenters. The van der Waals surface area contributed by atoms with Gasteiger partial charge in [-0.05, 0) is 26.0 Å². The lowest BCUT2D eigenvalue weighted by Crippen LogP contribution is -2.43. The van der Waals surface area contributed by atoms with Gasteiger partial charge in [0, 0.05) is 18.9 Å². The Bertz CT molecular complexity index is 724. The van der Waals surface area contributed by atoms with Gasteiger partial charge in [0.1, 0.15) is 10.6 Å². The molecule has 9 heteroatoms. The van der Waals surface area contributed by atoms with E-state index in [1.54, 1.807) is 0 Å². The lowest BCUT2D eigenvalue weighted by atomic mass is 10.2. The first-order valence-electron chi connectivity index (χ1n) is 6.03. The highest BCUT2D eigenvalue weighted by Crippen LogP contribution is 2.24. The van der Waals surface area contributed by atoms with Gasteiger partial charge < -0.3 is 10.5 Å². The van der Waals surface area contributed by atoms with E-state index in [9.17, 15) is 16.8 Å². The molecule has 3 N–H and O–H groups in total. The van der Waals surface area contributed by atoms with E-state index in [4.69, 9.17) is 10.5 Å². The highest BCUT2D eigenvalue weighted by molar-refractivity contribution is 7.92. The molecule has 0 saturated carbocycles. The van der Waals surface area contributed by atoms with Crippen LogP contribution in [0, 0.1) is 0 Å². The zero-order valence-corrected chi connectivity index (χ0v) is 14.0. The smallest absolute Gasteiger partial charge is 0.242 e. The minimum Gasteiger partial charge on any atom is -0.497 e. The normalized spacial score (nSPS) is 13.1. The van der Waals surface area contributed by atoms with Gasteiger partial charge in [0.05, 0.1) is 17.5 Å². The van der Waals surface area contributed by atoms with Crippen molar-refractivity contribution in [1.29, 1.82) is 0 Å². The van der Waals surface area contributed by atoms with Crippen LogP contribution in [0.25, 0.3) is 0 Å². The van der Waals surface area contributed by atoms with E-state index in [2.05, 4.69) is 4.72 Å². The zero-order valence-electron chi connectivity index (χ0n) is 12.4. The number of ether oxygens (including phenoxy) is 1. The molecule has 0 bridgehead atoms. The van der Waals surface area contributed by atoms with Crippen LogP contribution in [0.15, 0.2) is 23.1 Å². The van der Waals surface area contributed by atoms with Gasteiger partial charge in [0.2, 0.25) is 10.0 Å². The molecule has 1 aromatic carbocycles. The van der Waals surface area contributed by atoms with Crippen molar-refractivity contribution >= 4 is 25.5 Å². The number of nitrogens with one attached hydrogen (secondary N) is 1. The number of sulfonamides is 1. The molecule has 0 unspecified atom stereocenters. The molecule has 0 amide bonds. The van der Waals surface area contributed by atoms with Gasteiger partial charge in [-0.15, -0.1) is 0 Å². The Balaban J connectivity index is 3.04. The number of nitrogen functional groups attached to an aromatic ring is 1. The Kier molecular flexibility index (Phi) is 4.91. The number of sulfone groups is 1. The van der Waals surface area contributed by atoms with E-state index in [1.807, 2.05) is 0 Å². The summed E-state index contributed by atoms with van der Waals surface area (Å²) in [6.07, 6.45) is 1.06. The Labute approximate surface area is 125 Å². The zero-order chi connectivity index (χ0) is 16.5. The summed E-state index contributed by atoms with van der Waals surface area (Å²) in [6, 6.07) is 4.16. The second-order valence-corrected chi connectivity index (χ2v) is 9.65. The first kappa shape index (κ1) is 17.7. The second-order valence-electron chi connectivity index (χ2n) is 5.26. The van der Waals surface area contributed by atoms with Crippen LogP contribution in [-0.2, 0) is 19.9 Å². The molecule has 0 saturated heterocycles. The van der Waals surface area contributed by atoms with Gasteiger partial charge in [-0.1, -0.05) is 0 Å². The molecule has 0 aliphatic heterocycles. The average Bonchev–Trinajstić information content (AvgIpc) is 2.34. The summed E-state index contributed by atoms with van der Waals surface area (Å²) in [6.45, 7) is 2.64. The van der Waals surface area contributed by atoms with E-state index < -0.39 is 24.6 Å². The molecule has 1 aromatic rings. The van der Waals surface area contributed by atoms with E-state index in [1.165, 1.54) is 39.2 Å². The van der Waals surface area contributed by atoms with Crippen LogP contribution >= 0.6 is 0 Å². The van der Waals surface area contributed by atoms with Crippen LogP contribution in [0.4, 0.5) is 5.69 Å². The van der Waals surface area contributed by atoms with Crippen molar-refractivity contribution in [2.24, 2.45) is 0 Å². The number of nitrogens with two attached hydrogens (primary N) is 1. The summed E-state index contributed by atoms with van der Waals surface area (Å²) in [5.74, 6) is 0.433. The predicted molar refractivity (Wildman–Crippen MR) is 81.5 cm³/mol. The molecule has 0 aliphatic rings. The second kappa shape index (κ2) is 5.82. The third-order valence-electron chi connectivity index (χ3n) is 3.20. The average molecular weight is 336 g/mol. The third-order valence-corrected chi connectivity index (χ3v) is 6.83. The molecule has 1 rings (SSSR count). The van der Waals surface area contributed by atoms with Gasteiger partial charge in [0.15, 0.2) is 9.84 Å². The molecular weight excluding hydrogens is 316 g/mol. The van der Waals surface area contributed by atoms with Gasteiger partial charge in [-0.3, -0.25) is 0 Å². The van der Waals surface area contributed by atoms with E-state index in [-0.39, 0.29) is 17.1 Å². The number of hydrogen-bond donors (Lipinski definition) is 2. The van der Waals surface area contributed by atoms with Crippen LogP contribution in [0.2, 0.25) is 0 Å². The molecular formula is C12H20N2O5S2. The van der Waals surface area contributed by atoms with Crippen molar-refractivity contribution in [2.75, 3.05) is 25.6 Å². The molecule has 0 fully saturated rings. The lowest BCUT2D eigenvalue weighted by molar-refractivity contribution is 0.414. The monoisotopic (exact) mass is 336 g/mol. The maximum atomic E-state index is 12.2. The standard InChI is InChI=1S/C12H20N2O5S2/c1-12(2,20(4,15)16)8-14-21(17,18)11-6-5-9(19-3)7-10(11)13/h5-7,14H,8,13H2,1-4H3. The first-order chi connectivity index (χ1) is 9.40. The highest BCUT2D eigenvalue weighted by atomic mass is 32.2. The Morgan fingerprint density at radius 3 is 2.24 bits per heavy atom.